The maximum Gasteiger partial charge on any atom is 0.0596 e. The van der Waals surface area contributed by atoms with E-state index in [1.807, 2.05) is 7.05 Å². The minimum atomic E-state index is 0.297. The third-order valence-corrected chi connectivity index (χ3v) is 2.06. The topological polar surface area (TPSA) is 29.3 Å². The lowest BCUT2D eigenvalue weighted by atomic mass is 10.0. The summed E-state index contributed by atoms with van der Waals surface area (Å²) in [6, 6.07) is 0.297. The van der Waals surface area contributed by atoms with Crippen LogP contribution in [-0.2, 0) is 0 Å². The van der Waals surface area contributed by atoms with Gasteiger partial charge < -0.3 is 5.73 Å². The Kier molecular flexibility index (Phi) is 5.79. The van der Waals surface area contributed by atoms with Gasteiger partial charge in [0.25, 0.3) is 0 Å². The second-order valence-corrected chi connectivity index (χ2v) is 3.64. The van der Waals surface area contributed by atoms with E-state index in [-0.39, 0.29) is 0 Å². The molecule has 0 radical (unpaired) electrons. The van der Waals surface area contributed by atoms with E-state index < -0.39 is 0 Å². The van der Waals surface area contributed by atoms with E-state index in [0.717, 1.165) is 13.0 Å². The van der Waals surface area contributed by atoms with Crippen LogP contribution in [0.2, 0.25) is 0 Å². The minimum Gasteiger partial charge on any atom is -0.327 e. The smallest absolute Gasteiger partial charge is 0.0596 e. The summed E-state index contributed by atoms with van der Waals surface area (Å²) in [6.45, 7) is 5.99. The zero-order valence-electron chi connectivity index (χ0n) is 8.38. The molecule has 0 amide bonds. The molecule has 0 aliphatic heterocycles. The van der Waals surface area contributed by atoms with Crippen molar-refractivity contribution in [1.82, 2.24) is 4.90 Å². The minimum absolute atomic E-state index is 0.297. The van der Waals surface area contributed by atoms with Crippen molar-refractivity contribution in [3.05, 3.63) is 0 Å². The Hall–Kier alpha value is -0.520. The SMILES string of the molecule is C#CCN(C)CCC(N)C(C)C. The summed E-state index contributed by atoms with van der Waals surface area (Å²) in [5, 5.41) is 0. The van der Waals surface area contributed by atoms with E-state index in [1.54, 1.807) is 0 Å². The van der Waals surface area contributed by atoms with Crippen molar-refractivity contribution in [2.24, 2.45) is 11.7 Å². The number of terminal acetylenes is 1. The van der Waals surface area contributed by atoms with Crippen LogP contribution in [-0.4, -0.2) is 31.1 Å². The molecule has 0 fully saturated rings. The van der Waals surface area contributed by atoms with Crippen molar-refractivity contribution in [1.29, 1.82) is 0 Å². The molecule has 0 aliphatic carbocycles. The van der Waals surface area contributed by atoms with Crippen molar-refractivity contribution in [3.63, 3.8) is 0 Å². The van der Waals surface area contributed by atoms with E-state index >= 15 is 0 Å². The average molecular weight is 168 g/mol. The van der Waals surface area contributed by atoms with Gasteiger partial charge in [0.2, 0.25) is 0 Å². The molecule has 0 aromatic rings. The molecule has 1 unspecified atom stereocenters. The first-order valence-electron chi connectivity index (χ1n) is 4.45. The monoisotopic (exact) mass is 168 g/mol. The molecule has 0 aromatic carbocycles. The number of hydrogen-bond donors (Lipinski definition) is 1. The summed E-state index contributed by atoms with van der Waals surface area (Å²) < 4.78 is 0. The molecular weight excluding hydrogens is 148 g/mol. The van der Waals surface area contributed by atoms with E-state index in [1.165, 1.54) is 0 Å². The third-order valence-electron chi connectivity index (χ3n) is 2.06. The van der Waals surface area contributed by atoms with Gasteiger partial charge in [-0.05, 0) is 19.4 Å². The Morgan fingerprint density at radius 3 is 2.50 bits per heavy atom. The molecule has 1 atom stereocenters. The van der Waals surface area contributed by atoms with Crippen LogP contribution < -0.4 is 5.73 Å². The maximum absolute atomic E-state index is 5.88. The fourth-order valence-electron chi connectivity index (χ4n) is 0.938. The number of nitrogens with zero attached hydrogens (tertiary/aromatic N) is 1. The molecule has 0 saturated heterocycles. The molecule has 0 aliphatic rings. The number of hydrogen-bond acceptors (Lipinski definition) is 2. The van der Waals surface area contributed by atoms with Gasteiger partial charge in [-0.1, -0.05) is 19.8 Å². The van der Waals surface area contributed by atoms with Gasteiger partial charge in [0.1, 0.15) is 0 Å². The normalized spacial score (nSPS) is 13.4. The first-order valence-corrected chi connectivity index (χ1v) is 4.45. The van der Waals surface area contributed by atoms with Gasteiger partial charge in [0.05, 0.1) is 6.54 Å². The zero-order chi connectivity index (χ0) is 9.56. The van der Waals surface area contributed by atoms with Crippen LogP contribution in [0, 0.1) is 18.3 Å². The molecule has 2 nitrogen and oxygen atoms in total. The average Bonchev–Trinajstić information content (AvgIpc) is 2.00. The summed E-state index contributed by atoms with van der Waals surface area (Å²) in [5.41, 5.74) is 5.88. The Morgan fingerprint density at radius 1 is 1.50 bits per heavy atom. The van der Waals surface area contributed by atoms with E-state index in [4.69, 9.17) is 12.2 Å². The Balaban J connectivity index is 3.48. The van der Waals surface area contributed by atoms with Crippen LogP contribution in [0.3, 0.4) is 0 Å². The molecule has 2 heteroatoms. The largest absolute Gasteiger partial charge is 0.327 e. The van der Waals surface area contributed by atoms with Gasteiger partial charge in [-0.15, -0.1) is 6.42 Å². The number of nitrogens with two attached hydrogens (primary N) is 1. The fourth-order valence-corrected chi connectivity index (χ4v) is 0.938. The summed E-state index contributed by atoms with van der Waals surface area (Å²) in [5.74, 6) is 3.17. The summed E-state index contributed by atoms with van der Waals surface area (Å²) in [4.78, 5) is 2.11. The summed E-state index contributed by atoms with van der Waals surface area (Å²) in [7, 11) is 2.02. The third kappa shape index (κ3) is 5.17. The first kappa shape index (κ1) is 11.5. The van der Waals surface area contributed by atoms with Crippen molar-refractivity contribution < 1.29 is 0 Å². The molecular formula is C10H20N2. The van der Waals surface area contributed by atoms with Crippen LogP contribution in [0.15, 0.2) is 0 Å². The van der Waals surface area contributed by atoms with Gasteiger partial charge in [0, 0.05) is 12.6 Å². The molecule has 0 aromatic heterocycles. The van der Waals surface area contributed by atoms with Crippen molar-refractivity contribution in [2.75, 3.05) is 20.1 Å². The van der Waals surface area contributed by atoms with Crippen LogP contribution in [0.25, 0.3) is 0 Å². The highest BCUT2D eigenvalue weighted by atomic mass is 15.1. The molecule has 70 valence electrons. The standard InChI is InChI=1S/C10H20N2/c1-5-7-12(4)8-6-10(11)9(2)3/h1,9-10H,6-8,11H2,2-4H3. The fraction of sp³-hybridized carbons (Fsp3) is 0.800. The molecule has 0 heterocycles. The second-order valence-electron chi connectivity index (χ2n) is 3.64. The van der Waals surface area contributed by atoms with E-state index in [0.29, 0.717) is 18.5 Å². The van der Waals surface area contributed by atoms with E-state index in [9.17, 15) is 0 Å². The summed E-state index contributed by atoms with van der Waals surface area (Å²) >= 11 is 0. The van der Waals surface area contributed by atoms with Gasteiger partial charge in [-0.25, -0.2) is 0 Å². The van der Waals surface area contributed by atoms with Crippen LogP contribution in [0.5, 0.6) is 0 Å². The molecule has 2 N–H and O–H groups in total. The lowest BCUT2D eigenvalue weighted by Gasteiger charge is -2.19. The van der Waals surface area contributed by atoms with Crippen LogP contribution in [0.4, 0.5) is 0 Å². The molecule has 0 bridgehead atoms. The number of rotatable bonds is 5. The van der Waals surface area contributed by atoms with Gasteiger partial charge >= 0.3 is 0 Å². The lowest BCUT2D eigenvalue weighted by molar-refractivity contribution is 0.331. The molecule has 12 heavy (non-hydrogen) atoms. The Bertz CT molecular complexity index is 146. The predicted octanol–water partition coefficient (Wildman–Crippen LogP) is 0.925. The van der Waals surface area contributed by atoms with Crippen LogP contribution >= 0.6 is 0 Å². The van der Waals surface area contributed by atoms with E-state index in [2.05, 4.69) is 24.7 Å². The molecule has 0 rings (SSSR count). The van der Waals surface area contributed by atoms with Crippen molar-refractivity contribution in [2.45, 2.75) is 26.3 Å². The second kappa shape index (κ2) is 6.05. The highest BCUT2D eigenvalue weighted by molar-refractivity contribution is 4.87. The summed E-state index contributed by atoms with van der Waals surface area (Å²) in [6.07, 6.45) is 6.20. The quantitative estimate of drug-likeness (QED) is 0.619. The van der Waals surface area contributed by atoms with Crippen molar-refractivity contribution >= 4 is 0 Å². The lowest BCUT2D eigenvalue weighted by Crippen LogP contribution is -2.31. The highest BCUT2D eigenvalue weighted by Crippen LogP contribution is 2.02. The highest BCUT2D eigenvalue weighted by Gasteiger charge is 2.07. The van der Waals surface area contributed by atoms with Gasteiger partial charge in [0.15, 0.2) is 0 Å². The molecule has 0 spiro atoms. The first-order chi connectivity index (χ1) is 5.57. The Morgan fingerprint density at radius 2 is 2.08 bits per heavy atom. The molecule has 0 saturated carbocycles. The Labute approximate surface area is 76.1 Å². The van der Waals surface area contributed by atoms with Gasteiger partial charge in [-0.3, -0.25) is 4.90 Å². The van der Waals surface area contributed by atoms with Gasteiger partial charge in [-0.2, -0.15) is 0 Å². The van der Waals surface area contributed by atoms with Crippen molar-refractivity contribution in [3.8, 4) is 12.3 Å². The zero-order valence-corrected chi connectivity index (χ0v) is 8.38. The van der Waals surface area contributed by atoms with Crippen LogP contribution in [0.1, 0.15) is 20.3 Å². The maximum atomic E-state index is 5.88. The predicted molar refractivity (Wildman–Crippen MR) is 53.8 cm³/mol.